The molecule has 3 amide bonds. The molecule has 0 aliphatic carbocycles. The molecule has 158 valence electrons. The fourth-order valence-corrected chi connectivity index (χ4v) is 2.85. The van der Waals surface area contributed by atoms with E-state index in [1.807, 2.05) is 4.90 Å². The van der Waals surface area contributed by atoms with E-state index < -0.39 is 11.7 Å². The summed E-state index contributed by atoms with van der Waals surface area (Å²) in [4.78, 5) is 40.1. The van der Waals surface area contributed by atoms with Crippen molar-refractivity contribution in [2.75, 3.05) is 44.6 Å². The Balaban J connectivity index is 1.83. The lowest BCUT2D eigenvalue weighted by Crippen LogP contribution is -2.51. The summed E-state index contributed by atoms with van der Waals surface area (Å²) in [5.74, 6) is -0.109. The lowest BCUT2D eigenvalue weighted by atomic mass is 10.1. The Bertz CT molecular complexity index is 732. The molecule has 1 aromatic rings. The number of carbonyl (C=O) groups is 3. The molecule has 1 aromatic carbocycles. The Morgan fingerprint density at radius 3 is 2.28 bits per heavy atom. The fraction of sp³-hybridized carbons (Fsp3) is 0.476. The van der Waals surface area contributed by atoms with Gasteiger partial charge in [-0.25, -0.2) is 4.79 Å². The van der Waals surface area contributed by atoms with Gasteiger partial charge in [-0.15, -0.1) is 6.58 Å². The number of rotatable bonds is 6. The lowest BCUT2D eigenvalue weighted by molar-refractivity contribution is -0.122. The molecule has 8 nitrogen and oxygen atoms in total. The Morgan fingerprint density at radius 2 is 1.72 bits per heavy atom. The lowest BCUT2D eigenvalue weighted by Gasteiger charge is -2.34. The third-order valence-corrected chi connectivity index (χ3v) is 4.25. The molecule has 0 aromatic heterocycles. The van der Waals surface area contributed by atoms with Gasteiger partial charge >= 0.3 is 6.09 Å². The van der Waals surface area contributed by atoms with Gasteiger partial charge in [-0.05, 0) is 45.0 Å². The van der Waals surface area contributed by atoms with Crippen LogP contribution in [0.5, 0.6) is 0 Å². The highest BCUT2D eigenvalue weighted by atomic mass is 16.6. The quantitative estimate of drug-likeness (QED) is 0.711. The SMILES string of the molecule is C=CCNC(=O)CN1CCN(C(=O)c2ccc(NC(=O)OC(C)(C)C)cc2)CC1. The van der Waals surface area contributed by atoms with E-state index in [2.05, 4.69) is 17.2 Å². The molecule has 0 atom stereocenters. The van der Waals surface area contributed by atoms with Crippen molar-refractivity contribution < 1.29 is 19.1 Å². The van der Waals surface area contributed by atoms with Gasteiger partial charge < -0.3 is 15.0 Å². The Hall–Kier alpha value is -2.87. The summed E-state index contributed by atoms with van der Waals surface area (Å²) < 4.78 is 5.21. The number of carbonyl (C=O) groups excluding carboxylic acids is 3. The van der Waals surface area contributed by atoms with Crippen LogP contribution in [0.2, 0.25) is 0 Å². The largest absolute Gasteiger partial charge is 0.444 e. The number of ether oxygens (including phenoxy) is 1. The third kappa shape index (κ3) is 7.57. The van der Waals surface area contributed by atoms with Gasteiger partial charge in [0.15, 0.2) is 0 Å². The van der Waals surface area contributed by atoms with E-state index in [-0.39, 0.29) is 11.8 Å². The number of anilines is 1. The van der Waals surface area contributed by atoms with Crippen molar-refractivity contribution in [1.29, 1.82) is 0 Å². The standard InChI is InChI=1S/C21H30N4O4/c1-5-10-22-18(26)15-24-11-13-25(14-12-24)19(27)16-6-8-17(9-7-16)23-20(28)29-21(2,3)4/h5-9H,1,10-15H2,2-4H3,(H,22,26)(H,23,28). The monoisotopic (exact) mass is 402 g/mol. The van der Waals surface area contributed by atoms with Crippen LogP contribution in [0.1, 0.15) is 31.1 Å². The molecule has 29 heavy (non-hydrogen) atoms. The second-order valence-electron chi connectivity index (χ2n) is 7.87. The highest BCUT2D eigenvalue weighted by molar-refractivity contribution is 5.95. The minimum atomic E-state index is -0.575. The number of piperazine rings is 1. The maximum Gasteiger partial charge on any atom is 0.412 e. The minimum Gasteiger partial charge on any atom is -0.444 e. The van der Waals surface area contributed by atoms with Gasteiger partial charge in [0, 0.05) is 44.0 Å². The van der Waals surface area contributed by atoms with Crippen LogP contribution in [0.15, 0.2) is 36.9 Å². The molecule has 0 radical (unpaired) electrons. The molecular formula is C21H30N4O4. The van der Waals surface area contributed by atoms with Crippen molar-refractivity contribution in [2.24, 2.45) is 0 Å². The molecule has 8 heteroatoms. The van der Waals surface area contributed by atoms with Crippen molar-refractivity contribution >= 4 is 23.6 Å². The molecule has 2 rings (SSSR count). The van der Waals surface area contributed by atoms with Crippen LogP contribution in [0.25, 0.3) is 0 Å². The summed E-state index contributed by atoms with van der Waals surface area (Å²) in [6.45, 7) is 12.1. The summed E-state index contributed by atoms with van der Waals surface area (Å²) in [7, 11) is 0. The van der Waals surface area contributed by atoms with Gasteiger partial charge in [-0.3, -0.25) is 19.8 Å². The number of hydrogen-bond acceptors (Lipinski definition) is 5. The van der Waals surface area contributed by atoms with Crippen molar-refractivity contribution in [3.05, 3.63) is 42.5 Å². The first-order valence-corrected chi connectivity index (χ1v) is 9.67. The van der Waals surface area contributed by atoms with Crippen LogP contribution in [0.3, 0.4) is 0 Å². The molecule has 2 N–H and O–H groups in total. The van der Waals surface area contributed by atoms with E-state index >= 15 is 0 Å². The first-order valence-electron chi connectivity index (χ1n) is 9.67. The number of hydrogen-bond donors (Lipinski definition) is 2. The summed E-state index contributed by atoms with van der Waals surface area (Å²) in [5, 5.41) is 5.40. The van der Waals surface area contributed by atoms with Crippen LogP contribution in [-0.4, -0.2) is 72.6 Å². The van der Waals surface area contributed by atoms with Gasteiger partial charge in [0.2, 0.25) is 5.91 Å². The third-order valence-electron chi connectivity index (χ3n) is 4.25. The highest BCUT2D eigenvalue weighted by Crippen LogP contribution is 2.15. The Labute approximate surface area is 171 Å². The Morgan fingerprint density at radius 1 is 1.10 bits per heavy atom. The topological polar surface area (TPSA) is 91.0 Å². The molecule has 0 bridgehead atoms. The van der Waals surface area contributed by atoms with Crippen LogP contribution in [0.4, 0.5) is 10.5 Å². The molecule has 0 saturated carbocycles. The molecule has 1 saturated heterocycles. The van der Waals surface area contributed by atoms with E-state index in [0.717, 1.165) is 0 Å². The molecule has 1 aliphatic rings. The average molecular weight is 402 g/mol. The molecule has 0 spiro atoms. The van der Waals surface area contributed by atoms with Crippen LogP contribution < -0.4 is 10.6 Å². The van der Waals surface area contributed by atoms with Gasteiger partial charge in [0.1, 0.15) is 5.60 Å². The predicted molar refractivity (Wildman–Crippen MR) is 112 cm³/mol. The van der Waals surface area contributed by atoms with Crippen LogP contribution in [0, 0.1) is 0 Å². The summed E-state index contributed by atoms with van der Waals surface area (Å²) in [6, 6.07) is 6.73. The van der Waals surface area contributed by atoms with Gasteiger partial charge in [-0.1, -0.05) is 6.08 Å². The molecule has 1 aliphatic heterocycles. The zero-order valence-corrected chi connectivity index (χ0v) is 17.4. The second-order valence-corrected chi connectivity index (χ2v) is 7.87. The smallest absolute Gasteiger partial charge is 0.412 e. The molecule has 1 fully saturated rings. The van der Waals surface area contributed by atoms with E-state index in [4.69, 9.17) is 4.74 Å². The summed E-state index contributed by atoms with van der Waals surface area (Å²) in [5.41, 5.74) is 0.539. The van der Waals surface area contributed by atoms with E-state index in [1.165, 1.54) is 0 Å². The number of amides is 3. The second kappa shape index (κ2) is 10.1. The van der Waals surface area contributed by atoms with Crippen LogP contribution >= 0.6 is 0 Å². The molecular weight excluding hydrogens is 372 g/mol. The summed E-state index contributed by atoms with van der Waals surface area (Å²) >= 11 is 0. The maximum absolute atomic E-state index is 12.7. The van der Waals surface area contributed by atoms with Crippen molar-refractivity contribution in [1.82, 2.24) is 15.1 Å². The van der Waals surface area contributed by atoms with E-state index in [9.17, 15) is 14.4 Å². The number of nitrogens with zero attached hydrogens (tertiary/aromatic N) is 2. The van der Waals surface area contributed by atoms with Crippen molar-refractivity contribution in [2.45, 2.75) is 26.4 Å². The minimum absolute atomic E-state index is 0.0437. The predicted octanol–water partition coefficient (Wildman–Crippen LogP) is 2.09. The van der Waals surface area contributed by atoms with Crippen molar-refractivity contribution in [3.63, 3.8) is 0 Å². The first kappa shape index (κ1) is 22.4. The van der Waals surface area contributed by atoms with Crippen LogP contribution in [-0.2, 0) is 9.53 Å². The zero-order valence-electron chi connectivity index (χ0n) is 17.4. The highest BCUT2D eigenvalue weighted by Gasteiger charge is 2.23. The zero-order chi connectivity index (χ0) is 21.4. The molecule has 1 heterocycles. The Kier molecular flexibility index (Phi) is 7.78. The summed E-state index contributed by atoms with van der Waals surface area (Å²) in [6.07, 6.45) is 1.10. The first-order chi connectivity index (χ1) is 13.7. The maximum atomic E-state index is 12.7. The van der Waals surface area contributed by atoms with E-state index in [1.54, 1.807) is 56.0 Å². The average Bonchev–Trinajstić information content (AvgIpc) is 2.65. The van der Waals surface area contributed by atoms with Gasteiger partial charge in [-0.2, -0.15) is 0 Å². The van der Waals surface area contributed by atoms with Crippen molar-refractivity contribution in [3.8, 4) is 0 Å². The normalized spacial score (nSPS) is 14.8. The van der Waals surface area contributed by atoms with Gasteiger partial charge in [0.05, 0.1) is 6.54 Å². The molecule has 0 unspecified atom stereocenters. The van der Waals surface area contributed by atoms with Gasteiger partial charge in [0.25, 0.3) is 5.91 Å². The number of nitrogens with one attached hydrogen (secondary N) is 2. The van der Waals surface area contributed by atoms with E-state index in [0.29, 0.717) is 50.5 Å². The number of benzene rings is 1. The fourth-order valence-electron chi connectivity index (χ4n) is 2.85.